The number of piperidine rings is 1. The number of thiazole rings is 1. The molecule has 6 heteroatoms. The molecule has 0 radical (unpaired) electrons. The molecule has 1 saturated carbocycles. The van der Waals surface area contributed by atoms with Gasteiger partial charge in [-0.1, -0.05) is 23.5 Å². The largest absolute Gasteiger partial charge is 0.342 e. The van der Waals surface area contributed by atoms with Gasteiger partial charge in [0, 0.05) is 19.0 Å². The van der Waals surface area contributed by atoms with Crippen LogP contribution in [-0.4, -0.2) is 34.8 Å². The molecule has 1 aliphatic heterocycles. The summed E-state index contributed by atoms with van der Waals surface area (Å²) in [5.74, 6) is 0.316. The first-order chi connectivity index (χ1) is 11.6. The lowest BCUT2D eigenvalue weighted by atomic mass is 9.97. The minimum atomic E-state index is -0.130. The summed E-state index contributed by atoms with van der Waals surface area (Å²) in [6.45, 7) is 3.36. The maximum absolute atomic E-state index is 12.6. The van der Waals surface area contributed by atoms with Crippen molar-refractivity contribution in [2.75, 3.05) is 18.4 Å². The van der Waals surface area contributed by atoms with Gasteiger partial charge in [0.15, 0.2) is 5.13 Å². The second-order valence-electron chi connectivity index (χ2n) is 6.83. The van der Waals surface area contributed by atoms with Gasteiger partial charge in [0.2, 0.25) is 11.8 Å². The van der Waals surface area contributed by atoms with Gasteiger partial charge in [-0.2, -0.15) is 0 Å². The maximum atomic E-state index is 12.6. The second kappa shape index (κ2) is 6.16. The van der Waals surface area contributed by atoms with Crippen molar-refractivity contribution in [1.29, 1.82) is 0 Å². The topological polar surface area (TPSA) is 62.3 Å². The Hall–Kier alpha value is -1.95. The van der Waals surface area contributed by atoms with Crippen molar-refractivity contribution >= 4 is 38.5 Å². The summed E-state index contributed by atoms with van der Waals surface area (Å²) < 4.78 is 1.08. The van der Waals surface area contributed by atoms with E-state index in [0.29, 0.717) is 11.7 Å². The van der Waals surface area contributed by atoms with Crippen LogP contribution >= 0.6 is 11.3 Å². The number of hydrogen-bond acceptors (Lipinski definition) is 4. The Labute approximate surface area is 145 Å². The van der Waals surface area contributed by atoms with E-state index in [2.05, 4.69) is 10.3 Å². The monoisotopic (exact) mass is 343 g/mol. The molecule has 0 spiro atoms. The Morgan fingerprint density at radius 3 is 2.83 bits per heavy atom. The number of carbonyl (C=O) groups is 2. The summed E-state index contributed by atoms with van der Waals surface area (Å²) >= 11 is 1.50. The fraction of sp³-hybridized carbons (Fsp3) is 0.500. The van der Waals surface area contributed by atoms with Crippen molar-refractivity contribution in [2.45, 2.75) is 32.6 Å². The van der Waals surface area contributed by atoms with Gasteiger partial charge in [-0.3, -0.25) is 9.59 Å². The molecule has 1 N–H and O–H groups in total. The molecule has 2 aliphatic rings. The lowest BCUT2D eigenvalue weighted by molar-refractivity contribution is -0.135. The predicted octanol–water partition coefficient (Wildman–Crippen LogP) is 3.19. The van der Waals surface area contributed by atoms with Crippen LogP contribution in [0.4, 0.5) is 5.13 Å². The molecule has 2 fully saturated rings. The van der Waals surface area contributed by atoms with Crippen molar-refractivity contribution in [3.8, 4) is 0 Å². The first-order valence-corrected chi connectivity index (χ1v) is 9.39. The molecule has 1 aromatic heterocycles. The number of aryl methyl sites for hydroxylation is 1. The predicted molar refractivity (Wildman–Crippen MR) is 95.0 cm³/mol. The number of nitrogens with zero attached hydrogens (tertiary/aromatic N) is 2. The highest BCUT2D eigenvalue weighted by molar-refractivity contribution is 7.22. The molecule has 4 rings (SSSR count). The number of amides is 2. The Morgan fingerprint density at radius 1 is 1.25 bits per heavy atom. The summed E-state index contributed by atoms with van der Waals surface area (Å²) in [6, 6.07) is 6.05. The number of aromatic nitrogens is 1. The third-order valence-electron chi connectivity index (χ3n) is 4.88. The number of fused-ring (bicyclic) bond motifs is 1. The number of rotatable bonds is 3. The molecule has 0 bridgehead atoms. The first kappa shape index (κ1) is 15.6. The zero-order valence-corrected chi connectivity index (χ0v) is 14.6. The van der Waals surface area contributed by atoms with Crippen molar-refractivity contribution in [3.63, 3.8) is 0 Å². The number of likely N-dealkylation sites (tertiary alicyclic amines) is 1. The van der Waals surface area contributed by atoms with Gasteiger partial charge in [-0.05, 0) is 44.2 Å². The molecule has 1 aromatic carbocycles. The molecule has 2 aromatic rings. The number of benzene rings is 1. The lowest BCUT2D eigenvalue weighted by Gasteiger charge is -2.32. The molecule has 2 amide bonds. The number of nitrogens with one attached hydrogen (secondary N) is 1. The van der Waals surface area contributed by atoms with Gasteiger partial charge in [0.25, 0.3) is 0 Å². The molecular formula is C18H21N3O2S. The smallest absolute Gasteiger partial charge is 0.231 e. The molecule has 1 unspecified atom stereocenters. The average molecular weight is 343 g/mol. The fourth-order valence-corrected chi connectivity index (χ4v) is 4.27. The summed E-state index contributed by atoms with van der Waals surface area (Å²) in [6.07, 6.45) is 3.76. The van der Waals surface area contributed by atoms with Crippen LogP contribution in [0.2, 0.25) is 0 Å². The molecule has 5 nitrogen and oxygen atoms in total. The third-order valence-corrected chi connectivity index (χ3v) is 5.82. The highest BCUT2D eigenvalue weighted by Crippen LogP contribution is 2.33. The van der Waals surface area contributed by atoms with E-state index in [-0.39, 0.29) is 23.7 Å². The number of anilines is 1. The summed E-state index contributed by atoms with van der Waals surface area (Å²) in [4.78, 5) is 31.3. The molecule has 24 heavy (non-hydrogen) atoms. The molecule has 1 aliphatic carbocycles. The lowest BCUT2D eigenvalue weighted by Crippen LogP contribution is -2.44. The van der Waals surface area contributed by atoms with E-state index in [9.17, 15) is 9.59 Å². The van der Waals surface area contributed by atoms with Gasteiger partial charge in [-0.25, -0.2) is 4.98 Å². The molecule has 1 atom stereocenters. The van der Waals surface area contributed by atoms with E-state index in [1.54, 1.807) is 0 Å². The maximum Gasteiger partial charge on any atom is 0.231 e. The molecule has 126 valence electrons. The Bertz CT molecular complexity index is 797. The summed E-state index contributed by atoms with van der Waals surface area (Å²) in [5.41, 5.74) is 2.06. The van der Waals surface area contributed by atoms with E-state index >= 15 is 0 Å². The summed E-state index contributed by atoms with van der Waals surface area (Å²) in [5, 5.41) is 3.61. The zero-order valence-electron chi connectivity index (χ0n) is 13.7. The number of hydrogen-bond donors (Lipinski definition) is 1. The van der Waals surface area contributed by atoms with E-state index in [4.69, 9.17) is 0 Å². The Balaban J connectivity index is 1.44. The van der Waals surface area contributed by atoms with Gasteiger partial charge in [0.05, 0.1) is 16.1 Å². The van der Waals surface area contributed by atoms with Gasteiger partial charge >= 0.3 is 0 Å². The van der Waals surface area contributed by atoms with Gasteiger partial charge < -0.3 is 10.2 Å². The van der Waals surface area contributed by atoms with Crippen molar-refractivity contribution in [2.24, 2.45) is 11.8 Å². The van der Waals surface area contributed by atoms with E-state index in [1.165, 1.54) is 11.3 Å². The van der Waals surface area contributed by atoms with Crippen LogP contribution in [-0.2, 0) is 9.59 Å². The second-order valence-corrected chi connectivity index (χ2v) is 7.86. The van der Waals surface area contributed by atoms with E-state index < -0.39 is 0 Å². The normalized spacial score (nSPS) is 21.0. The van der Waals surface area contributed by atoms with Crippen molar-refractivity contribution < 1.29 is 9.59 Å². The van der Waals surface area contributed by atoms with Crippen LogP contribution in [0, 0.1) is 18.8 Å². The fourth-order valence-electron chi connectivity index (χ4n) is 3.33. The van der Waals surface area contributed by atoms with Crippen LogP contribution < -0.4 is 5.32 Å². The Kier molecular flexibility index (Phi) is 4.00. The van der Waals surface area contributed by atoms with Crippen LogP contribution in [0.15, 0.2) is 18.2 Å². The highest BCUT2D eigenvalue weighted by atomic mass is 32.1. The van der Waals surface area contributed by atoms with Crippen LogP contribution in [0.1, 0.15) is 31.2 Å². The van der Waals surface area contributed by atoms with Crippen molar-refractivity contribution in [1.82, 2.24) is 9.88 Å². The molecular weight excluding hydrogens is 322 g/mol. The highest BCUT2D eigenvalue weighted by Gasteiger charge is 2.36. The molecule has 2 heterocycles. The van der Waals surface area contributed by atoms with Crippen LogP contribution in [0.3, 0.4) is 0 Å². The number of para-hydroxylation sites is 1. The standard InChI is InChI=1S/C18H21N3O2S/c1-11-4-2-6-14-15(11)19-18(24-14)20-16(22)13-5-3-9-21(10-13)17(23)12-7-8-12/h2,4,6,12-13H,3,5,7-10H2,1H3,(H,19,20,22). The van der Waals surface area contributed by atoms with Crippen LogP contribution in [0.5, 0.6) is 0 Å². The van der Waals surface area contributed by atoms with E-state index in [1.807, 2.05) is 30.0 Å². The van der Waals surface area contributed by atoms with Crippen LogP contribution in [0.25, 0.3) is 10.2 Å². The quantitative estimate of drug-likeness (QED) is 0.931. The Morgan fingerprint density at radius 2 is 2.08 bits per heavy atom. The van der Waals surface area contributed by atoms with Gasteiger partial charge in [-0.15, -0.1) is 0 Å². The zero-order chi connectivity index (χ0) is 16.7. The average Bonchev–Trinajstić information content (AvgIpc) is 3.35. The minimum absolute atomic E-state index is 0.0139. The molecule has 1 saturated heterocycles. The van der Waals surface area contributed by atoms with Gasteiger partial charge in [0.1, 0.15) is 0 Å². The van der Waals surface area contributed by atoms with E-state index in [0.717, 1.165) is 48.0 Å². The SMILES string of the molecule is Cc1cccc2sc(NC(=O)C3CCCN(C(=O)C4CC4)C3)nc12. The summed E-state index contributed by atoms with van der Waals surface area (Å²) in [7, 11) is 0. The number of carbonyl (C=O) groups excluding carboxylic acids is 2. The first-order valence-electron chi connectivity index (χ1n) is 8.57. The minimum Gasteiger partial charge on any atom is -0.342 e. The van der Waals surface area contributed by atoms with Crippen molar-refractivity contribution in [3.05, 3.63) is 23.8 Å². The third kappa shape index (κ3) is 3.02.